The Morgan fingerprint density at radius 1 is 0.875 bits per heavy atom. The Hall–Kier alpha value is -2.29. The molecule has 2 rings (SSSR count). The topological polar surface area (TPSA) is 35.5 Å². The summed E-state index contributed by atoms with van der Waals surface area (Å²) in [5.74, 6) is 0.822. The molecule has 0 bridgehead atoms. The fraction of sp³-hybridized carbons (Fsp3) is 0.381. The Labute approximate surface area is 144 Å². The second-order valence-electron chi connectivity index (χ2n) is 7.80. The Bertz CT molecular complexity index is 682. The first-order valence-electron chi connectivity index (χ1n) is 8.22. The molecular formula is C21H26O3. The molecule has 0 aliphatic rings. The van der Waals surface area contributed by atoms with Crippen LogP contribution in [0.1, 0.15) is 51.4 Å². The van der Waals surface area contributed by atoms with E-state index in [1.807, 2.05) is 56.3 Å². The molecule has 128 valence electrons. The molecule has 0 amide bonds. The number of hydrogen-bond acceptors (Lipinski definition) is 3. The first-order chi connectivity index (χ1) is 11.2. The van der Waals surface area contributed by atoms with E-state index in [2.05, 4.69) is 20.8 Å². The lowest BCUT2D eigenvalue weighted by atomic mass is 9.83. The summed E-state index contributed by atoms with van der Waals surface area (Å²) in [6, 6.07) is 16.6. The van der Waals surface area contributed by atoms with E-state index in [0.717, 1.165) is 6.42 Å². The Morgan fingerprint density at radius 3 is 2.08 bits per heavy atom. The SMILES string of the molecule is CC(C)(C)CC(C)(C)OC(=O)c1ccccc1Oc1ccccc1. The molecule has 2 aromatic carbocycles. The van der Waals surface area contributed by atoms with Crippen molar-refractivity contribution in [3.63, 3.8) is 0 Å². The number of para-hydroxylation sites is 2. The van der Waals surface area contributed by atoms with Crippen molar-refractivity contribution >= 4 is 5.97 Å². The van der Waals surface area contributed by atoms with Crippen molar-refractivity contribution < 1.29 is 14.3 Å². The molecule has 0 radical (unpaired) electrons. The molecule has 0 heterocycles. The quantitative estimate of drug-likeness (QED) is 0.646. The molecule has 24 heavy (non-hydrogen) atoms. The van der Waals surface area contributed by atoms with Crippen LogP contribution in [-0.4, -0.2) is 11.6 Å². The molecule has 0 saturated heterocycles. The van der Waals surface area contributed by atoms with Crippen molar-refractivity contribution in [3.05, 3.63) is 60.2 Å². The van der Waals surface area contributed by atoms with E-state index in [9.17, 15) is 4.79 Å². The van der Waals surface area contributed by atoms with Crippen molar-refractivity contribution in [2.75, 3.05) is 0 Å². The summed E-state index contributed by atoms with van der Waals surface area (Å²) in [6.45, 7) is 10.3. The van der Waals surface area contributed by atoms with Crippen LogP contribution in [0.15, 0.2) is 54.6 Å². The summed E-state index contributed by atoms with van der Waals surface area (Å²) in [7, 11) is 0. The van der Waals surface area contributed by atoms with Gasteiger partial charge in [-0.3, -0.25) is 0 Å². The van der Waals surface area contributed by atoms with Gasteiger partial charge < -0.3 is 9.47 Å². The van der Waals surface area contributed by atoms with Crippen LogP contribution in [0, 0.1) is 5.41 Å². The van der Waals surface area contributed by atoms with Gasteiger partial charge in [0, 0.05) is 0 Å². The molecule has 0 unspecified atom stereocenters. The normalized spacial score (nSPS) is 11.9. The van der Waals surface area contributed by atoms with Crippen LogP contribution in [0.2, 0.25) is 0 Å². The van der Waals surface area contributed by atoms with E-state index >= 15 is 0 Å². The second-order valence-corrected chi connectivity index (χ2v) is 7.80. The van der Waals surface area contributed by atoms with E-state index in [1.54, 1.807) is 12.1 Å². The molecule has 0 fully saturated rings. The third-order valence-corrected chi connectivity index (χ3v) is 3.40. The van der Waals surface area contributed by atoms with Crippen molar-refractivity contribution in [2.24, 2.45) is 5.41 Å². The van der Waals surface area contributed by atoms with Crippen LogP contribution < -0.4 is 4.74 Å². The highest BCUT2D eigenvalue weighted by Gasteiger charge is 2.30. The van der Waals surface area contributed by atoms with Crippen LogP contribution in [0.3, 0.4) is 0 Å². The van der Waals surface area contributed by atoms with E-state index in [4.69, 9.17) is 9.47 Å². The van der Waals surface area contributed by atoms with Gasteiger partial charge in [-0.25, -0.2) is 4.79 Å². The third-order valence-electron chi connectivity index (χ3n) is 3.40. The lowest BCUT2D eigenvalue weighted by molar-refractivity contribution is -0.0180. The van der Waals surface area contributed by atoms with Gasteiger partial charge in [0.1, 0.15) is 22.7 Å². The molecule has 0 aromatic heterocycles. The van der Waals surface area contributed by atoms with Crippen molar-refractivity contribution in [1.29, 1.82) is 0 Å². The average molecular weight is 326 g/mol. The van der Waals surface area contributed by atoms with Crippen LogP contribution in [0.25, 0.3) is 0 Å². The summed E-state index contributed by atoms with van der Waals surface area (Å²) >= 11 is 0. The van der Waals surface area contributed by atoms with Gasteiger partial charge in [0.15, 0.2) is 0 Å². The number of carbonyl (C=O) groups excluding carboxylic acids is 1. The highest BCUT2D eigenvalue weighted by atomic mass is 16.6. The first kappa shape index (κ1) is 18.1. The van der Waals surface area contributed by atoms with Crippen molar-refractivity contribution in [3.8, 4) is 11.5 Å². The van der Waals surface area contributed by atoms with Gasteiger partial charge in [0.2, 0.25) is 0 Å². The lowest BCUT2D eigenvalue weighted by Gasteiger charge is -2.32. The largest absolute Gasteiger partial charge is 0.456 e. The molecule has 3 nitrogen and oxygen atoms in total. The highest BCUT2D eigenvalue weighted by molar-refractivity contribution is 5.92. The second kappa shape index (κ2) is 7.08. The van der Waals surface area contributed by atoms with E-state index in [-0.39, 0.29) is 11.4 Å². The lowest BCUT2D eigenvalue weighted by Crippen LogP contribution is -2.32. The van der Waals surface area contributed by atoms with Gasteiger partial charge >= 0.3 is 5.97 Å². The summed E-state index contributed by atoms with van der Waals surface area (Å²) < 4.78 is 11.6. The molecule has 2 aromatic rings. The molecule has 0 atom stereocenters. The standard InChI is InChI=1S/C21H26O3/c1-20(2,3)15-21(4,5)24-19(22)17-13-9-10-14-18(17)23-16-11-7-6-8-12-16/h6-14H,15H2,1-5H3. The number of carbonyl (C=O) groups is 1. The minimum atomic E-state index is -0.546. The van der Waals surface area contributed by atoms with Gasteiger partial charge in [-0.05, 0) is 49.9 Å². The van der Waals surface area contributed by atoms with E-state index in [0.29, 0.717) is 17.1 Å². The summed E-state index contributed by atoms with van der Waals surface area (Å²) in [5, 5.41) is 0. The zero-order valence-corrected chi connectivity index (χ0v) is 15.1. The zero-order valence-electron chi connectivity index (χ0n) is 15.1. The molecule has 0 N–H and O–H groups in total. The Kier molecular flexibility index (Phi) is 5.33. The summed E-state index contributed by atoms with van der Waals surface area (Å²) in [5.41, 5.74) is -0.0395. The fourth-order valence-corrected chi connectivity index (χ4v) is 2.96. The maximum Gasteiger partial charge on any atom is 0.342 e. The number of ether oxygens (including phenoxy) is 2. The molecular weight excluding hydrogens is 300 g/mol. The average Bonchev–Trinajstić information content (AvgIpc) is 2.45. The van der Waals surface area contributed by atoms with E-state index in [1.165, 1.54) is 0 Å². The highest BCUT2D eigenvalue weighted by Crippen LogP contribution is 2.32. The third kappa shape index (κ3) is 5.41. The van der Waals surface area contributed by atoms with Gasteiger partial charge in [0.25, 0.3) is 0 Å². The predicted octanol–water partition coefficient (Wildman–Crippen LogP) is 5.85. The van der Waals surface area contributed by atoms with Crippen LogP contribution in [0.5, 0.6) is 11.5 Å². The van der Waals surface area contributed by atoms with Crippen LogP contribution in [0.4, 0.5) is 0 Å². The predicted molar refractivity (Wildman–Crippen MR) is 96.5 cm³/mol. The zero-order chi connectivity index (χ0) is 17.8. The van der Waals surface area contributed by atoms with Crippen LogP contribution >= 0.6 is 0 Å². The van der Waals surface area contributed by atoms with Crippen molar-refractivity contribution in [1.82, 2.24) is 0 Å². The van der Waals surface area contributed by atoms with Gasteiger partial charge in [-0.15, -0.1) is 0 Å². The molecule has 0 spiro atoms. The van der Waals surface area contributed by atoms with Gasteiger partial charge in [-0.1, -0.05) is 51.1 Å². The number of hydrogen-bond donors (Lipinski definition) is 0. The summed E-state index contributed by atoms with van der Waals surface area (Å²) in [4.78, 5) is 12.7. The van der Waals surface area contributed by atoms with Gasteiger partial charge in [-0.2, -0.15) is 0 Å². The monoisotopic (exact) mass is 326 g/mol. The smallest absolute Gasteiger partial charge is 0.342 e. The molecule has 3 heteroatoms. The molecule has 0 saturated carbocycles. The number of esters is 1. The van der Waals surface area contributed by atoms with Crippen molar-refractivity contribution in [2.45, 2.75) is 46.6 Å². The summed E-state index contributed by atoms with van der Waals surface area (Å²) in [6.07, 6.45) is 0.771. The first-order valence-corrected chi connectivity index (χ1v) is 8.22. The Balaban J connectivity index is 2.18. The fourth-order valence-electron chi connectivity index (χ4n) is 2.96. The maximum atomic E-state index is 12.7. The number of benzene rings is 2. The van der Waals surface area contributed by atoms with Crippen LogP contribution in [-0.2, 0) is 4.74 Å². The molecule has 0 aliphatic carbocycles. The molecule has 0 aliphatic heterocycles. The Morgan fingerprint density at radius 2 is 1.46 bits per heavy atom. The van der Waals surface area contributed by atoms with Gasteiger partial charge in [0.05, 0.1) is 0 Å². The van der Waals surface area contributed by atoms with E-state index < -0.39 is 5.60 Å². The minimum absolute atomic E-state index is 0.0733. The number of rotatable bonds is 5. The minimum Gasteiger partial charge on any atom is -0.456 e. The maximum absolute atomic E-state index is 12.7.